The second-order valence-corrected chi connectivity index (χ2v) is 4.30. The maximum Gasteiger partial charge on any atom is 0.221 e. The van der Waals surface area contributed by atoms with Crippen molar-refractivity contribution in [3.63, 3.8) is 0 Å². The van der Waals surface area contributed by atoms with Crippen LogP contribution in [0.4, 0.5) is 5.69 Å². The van der Waals surface area contributed by atoms with Gasteiger partial charge in [0.15, 0.2) is 0 Å². The minimum absolute atomic E-state index is 0.0755. The van der Waals surface area contributed by atoms with Gasteiger partial charge in [0, 0.05) is 31.3 Å². The van der Waals surface area contributed by atoms with Gasteiger partial charge in [-0.05, 0) is 25.1 Å². The van der Waals surface area contributed by atoms with E-state index in [1.807, 2.05) is 41.9 Å². The number of nitrogens with two attached hydrogens (primary N) is 1. The molecule has 0 atom stereocenters. The molecule has 5 heteroatoms. The topological polar surface area (TPSA) is 72.9 Å². The van der Waals surface area contributed by atoms with E-state index >= 15 is 0 Å². The van der Waals surface area contributed by atoms with Gasteiger partial charge in [0.05, 0.1) is 11.4 Å². The summed E-state index contributed by atoms with van der Waals surface area (Å²) in [5.74, 6) is -0.0755. The molecule has 0 aliphatic heterocycles. The average Bonchev–Trinajstić information content (AvgIpc) is 2.82. The van der Waals surface area contributed by atoms with E-state index in [0.29, 0.717) is 6.54 Å². The third kappa shape index (κ3) is 3.00. The first kappa shape index (κ1) is 13.3. The molecule has 19 heavy (non-hydrogen) atoms. The minimum Gasteiger partial charge on any atom is -0.326 e. The lowest BCUT2D eigenvalue weighted by Gasteiger charge is -2.02. The molecule has 0 radical (unpaired) electrons. The SMILES string of the molecule is CCn1nc(-c2ccc(NC(C)=O)cc2)cc1CN. The highest BCUT2D eigenvalue weighted by Crippen LogP contribution is 2.21. The summed E-state index contributed by atoms with van der Waals surface area (Å²) < 4.78 is 1.90. The first-order valence-electron chi connectivity index (χ1n) is 6.29. The Morgan fingerprint density at radius 2 is 2.05 bits per heavy atom. The summed E-state index contributed by atoms with van der Waals surface area (Å²) in [5.41, 5.74) is 9.40. The summed E-state index contributed by atoms with van der Waals surface area (Å²) >= 11 is 0. The third-order valence-corrected chi connectivity index (χ3v) is 2.87. The number of nitrogens with zero attached hydrogens (tertiary/aromatic N) is 2. The predicted molar refractivity (Wildman–Crippen MR) is 75.5 cm³/mol. The summed E-state index contributed by atoms with van der Waals surface area (Å²) in [5, 5.41) is 7.25. The van der Waals surface area contributed by atoms with Crippen LogP contribution in [-0.2, 0) is 17.9 Å². The van der Waals surface area contributed by atoms with Crippen LogP contribution in [0.3, 0.4) is 0 Å². The number of amides is 1. The number of carbonyl (C=O) groups is 1. The van der Waals surface area contributed by atoms with E-state index in [1.165, 1.54) is 6.92 Å². The zero-order valence-corrected chi connectivity index (χ0v) is 11.2. The van der Waals surface area contributed by atoms with Gasteiger partial charge in [0.2, 0.25) is 5.91 Å². The summed E-state index contributed by atoms with van der Waals surface area (Å²) in [6.45, 7) is 4.81. The largest absolute Gasteiger partial charge is 0.326 e. The summed E-state index contributed by atoms with van der Waals surface area (Å²) in [6.07, 6.45) is 0. The van der Waals surface area contributed by atoms with E-state index in [1.54, 1.807) is 0 Å². The van der Waals surface area contributed by atoms with Gasteiger partial charge in [-0.1, -0.05) is 12.1 Å². The normalized spacial score (nSPS) is 10.5. The lowest BCUT2D eigenvalue weighted by molar-refractivity contribution is -0.114. The van der Waals surface area contributed by atoms with Gasteiger partial charge >= 0.3 is 0 Å². The molecule has 0 aliphatic carbocycles. The van der Waals surface area contributed by atoms with Gasteiger partial charge < -0.3 is 11.1 Å². The molecule has 0 saturated carbocycles. The van der Waals surface area contributed by atoms with Crippen LogP contribution in [0.5, 0.6) is 0 Å². The first-order valence-corrected chi connectivity index (χ1v) is 6.29. The van der Waals surface area contributed by atoms with Crippen LogP contribution in [0.1, 0.15) is 19.5 Å². The monoisotopic (exact) mass is 258 g/mol. The number of rotatable bonds is 4. The number of anilines is 1. The molecule has 2 rings (SSSR count). The predicted octanol–water partition coefficient (Wildman–Crippen LogP) is 1.99. The summed E-state index contributed by atoms with van der Waals surface area (Å²) in [7, 11) is 0. The lowest BCUT2D eigenvalue weighted by atomic mass is 10.1. The van der Waals surface area contributed by atoms with Crippen LogP contribution >= 0.6 is 0 Å². The number of aryl methyl sites for hydroxylation is 1. The Morgan fingerprint density at radius 1 is 1.37 bits per heavy atom. The van der Waals surface area contributed by atoms with E-state index in [0.717, 1.165) is 29.2 Å². The van der Waals surface area contributed by atoms with Crippen molar-refractivity contribution in [3.05, 3.63) is 36.0 Å². The maximum atomic E-state index is 11.0. The van der Waals surface area contributed by atoms with Gasteiger partial charge in [-0.2, -0.15) is 5.10 Å². The Labute approximate surface area is 112 Å². The molecule has 0 saturated heterocycles. The molecule has 1 amide bonds. The second kappa shape index (κ2) is 5.67. The molecule has 1 heterocycles. The number of carbonyl (C=O) groups excluding carboxylic acids is 1. The quantitative estimate of drug-likeness (QED) is 0.880. The number of benzene rings is 1. The Bertz CT molecular complexity index is 550. The Kier molecular flexibility index (Phi) is 3.97. The molecule has 0 spiro atoms. The van der Waals surface area contributed by atoms with E-state index in [9.17, 15) is 4.79 Å². The number of hydrogen-bond acceptors (Lipinski definition) is 3. The van der Waals surface area contributed by atoms with Crippen molar-refractivity contribution in [2.75, 3.05) is 5.32 Å². The Morgan fingerprint density at radius 3 is 2.53 bits per heavy atom. The van der Waals surface area contributed by atoms with Crippen LogP contribution < -0.4 is 11.1 Å². The standard InChI is InChI=1S/C14H18N4O/c1-3-18-13(9-15)8-14(17-18)11-4-6-12(7-5-11)16-10(2)19/h4-8H,3,9,15H2,1-2H3,(H,16,19). The number of aromatic nitrogens is 2. The highest BCUT2D eigenvalue weighted by Gasteiger charge is 2.07. The molecular formula is C14H18N4O. The van der Waals surface area contributed by atoms with Crippen LogP contribution in [0.15, 0.2) is 30.3 Å². The summed E-state index contributed by atoms with van der Waals surface area (Å²) in [4.78, 5) is 11.0. The molecule has 1 aromatic carbocycles. The molecule has 100 valence electrons. The van der Waals surface area contributed by atoms with E-state index in [4.69, 9.17) is 5.73 Å². The first-order chi connectivity index (χ1) is 9.13. The van der Waals surface area contributed by atoms with E-state index in [2.05, 4.69) is 10.4 Å². The molecule has 0 unspecified atom stereocenters. The highest BCUT2D eigenvalue weighted by atomic mass is 16.1. The molecule has 1 aromatic heterocycles. The average molecular weight is 258 g/mol. The van der Waals surface area contributed by atoms with Crippen molar-refractivity contribution < 1.29 is 4.79 Å². The zero-order valence-electron chi connectivity index (χ0n) is 11.2. The molecule has 0 bridgehead atoms. The second-order valence-electron chi connectivity index (χ2n) is 4.30. The van der Waals surface area contributed by atoms with Gasteiger partial charge in [-0.15, -0.1) is 0 Å². The van der Waals surface area contributed by atoms with Crippen LogP contribution in [0.2, 0.25) is 0 Å². The zero-order chi connectivity index (χ0) is 13.8. The van der Waals surface area contributed by atoms with Gasteiger partial charge in [-0.25, -0.2) is 0 Å². The molecule has 0 fully saturated rings. The molecule has 0 aliphatic rings. The molecular weight excluding hydrogens is 240 g/mol. The van der Waals surface area contributed by atoms with Crippen LogP contribution in [0.25, 0.3) is 11.3 Å². The van der Waals surface area contributed by atoms with Crippen molar-refractivity contribution >= 4 is 11.6 Å². The van der Waals surface area contributed by atoms with Gasteiger partial charge in [0.1, 0.15) is 0 Å². The minimum atomic E-state index is -0.0755. The van der Waals surface area contributed by atoms with Crippen molar-refractivity contribution in [1.82, 2.24) is 9.78 Å². The van der Waals surface area contributed by atoms with Crippen molar-refractivity contribution in [2.24, 2.45) is 5.73 Å². The Hall–Kier alpha value is -2.14. The fraction of sp³-hybridized carbons (Fsp3) is 0.286. The van der Waals surface area contributed by atoms with E-state index in [-0.39, 0.29) is 5.91 Å². The number of hydrogen-bond donors (Lipinski definition) is 2. The smallest absolute Gasteiger partial charge is 0.221 e. The molecule has 2 aromatic rings. The van der Waals surface area contributed by atoms with Crippen molar-refractivity contribution in [3.8, 4) is 11.3 Å². The van der Waals surface area contributed by atoms with Gasteiger partial charge in [-0.3, -0.25) is 9.48 Å². The fourth-order valence-electron chi connectivity index (χ4n) is 1.96. The maximum absolute atomic E-state index is 11.0. The molecule has 5 nitrogen and oxygen atoms in total. The highest BCUT2D eigenvalue weighted by molar-refractivity contribution is 5.88. The van der Waals surface area contributed by atoms with Crippen molar-refractivity contribution in [1.29, 1.82) is 0 Å². The van der Waals surface area contributed by atoms with Crippen LogP contribution in [0, 0.1) is 0 Å². The Balaban J connectivity index is 2.26. The van der Waals surface area contributed by atoms with Crippen molar-refractivity contribution in [2.45, 2.75) is 26.9 Å². The fourth-order valence-corrected chi connectivity index (χ4v) is 1.96. The van der Waals surface area contributed by atoms with E-state index < -0.39 is 0 Å². The number of nitrogens with one attached hydrogen (secondary N) is 1. The summed E-state index contributed by atoms with van der Waals surface area (Å²) in [6, 6.07) is 9.60. The van der Waals surface area contributed by atoms with Gasteiger partial charge in [0.25, 0.3) is 0 Å². The molecule has 3 N–H and O–H groups in total. The third-order valence-electron chi connectivity index (χ3n) is 2.87. The lowest BCUT2D eigenvalue weighted by Crippen LogP contribution is -2.06. The van der Waals surface area contributed by atoms with Crippen LogP contribution in [-0.4, -0.2) is 15.7 Å².